The predicted octanol–water partition coefficient (Wildman–Crippen LogP) is 2.92. The van der Waals surface area contributed by atoms with Gasteiger partial charge in [0.1, 0.15) is 0 Å². The maximum absolute atomic E-state index is 11.7. The highest BCUT2D eigenvalue weighted by molar-refractivity contribution is 5.94. The van der Waals surface area contributed by atoms with Crippen LogP contribution in [0.1, 0.15) is 28.4 Å². The van der Waals surface area contributed by atoms with Crippen LogP contribution in [0.4, 0.5) is 5.69 Å². The lowest BCUT2D eigenvalue weighted by molar-refractivity contribution is 0.0956. The van der Waals surface area contributed by atoms with E-state index in [2.05, 4.69) is 16.7 Å². The molecule has 0 atom stereocenters. The average molecular weight is 279 g/mol. The molecular weight excluding hydrogens is 262 g/mol. The molecule has 2 N–H and O–H groups in total. The van der Waals surface area contributed by atoms with E-state index in [-0.39, 0.29) is 5.91 Å². The third-order valence-corrected chi connectivity index (χ3v) is 3.11. The monoisotopic (exact) mass is 279 g/mol. The number of benzene rings is 2. The van der Waals surface area contributed by atoms with E-state index in [0.717, 1.165) is 11.3 Å². The van der Waals surface area contributed by atoms with Crippen molar-refractivity contribution in [3.63, 3.8) is 0 Å². The summed E-state index contributed by atoms with van der Waals surface area (Å²) in [6, 6.07) is 17.0. The maximum Gasteiger partial charge on any atom is 0.251 e. The Kier molecular flexibility index (Phi) is 4.94. The summed E-state index contributed by atoms with van der Waals surface area (Å²) in [6.45, 7) is 3.08. The summed E-state index contributed by atoms with van der Waals surface area (Å²) in [6.07, 6.45) is 0. The molecular formula is C17H17N3O. The van der Waals surface area contributed by atoms with Gasteiger partial charge in [-0.25, -0.2) is 0 Å². The van der Waals surface area contributed by atoms with E-state index in [0.29, 0.717) is 24.2 Å². The summed E-state index contributed by atoms with van der Waals surface area (Å²) in [5, 5.41) is 15.1. The molecule has 0 heterocycles. The van der Waals surface area contributed by atoms with Crippen molar-refractivity contribution in [2.75, 3.05) is 11.9 Å². The fourth-order valence-corrected chi connectivity index (χ4v) is 1.98. The smallest absolute Gasteiger partial charge is 0.251 e. The van der Waals surface area contributed by atoms with Crippen LogP contribution < -0.4 is 10.6 Å². The van der Waals surface area contributed by atoms with Gasteiger partial charge in [-0.15, -0.1) is 0 Å². The number of carbonyl (C=O) groups is 1. The minimum Gasteiger partial charge on any atom is -0.381 e. The Balaban J connectivity index is 2.01. The largest absolute Gasteiger partial charge is 0.381 e. The van der Waals surface area contributed by atoms with E-state index >= 15 is 0 Å². The number of nitriles is 1. The summed E-state index contributed by atoms with van der Waals surface area (Å²) in [7, 11) is 0. The minimum atomic E-state index is -0.0705. The number of hydrogen-bond donors (Lipinski definition) is 2. The van der Waals surface area contributed by atoms with E-state index in [9.17, 15) is 4.79 Å². The molecule has 106 valence electrons. The Labute approximate surface area is 124 Å². The molecule has 4 heteroatoms. The van der Waals surface area contributed by atoms with Crippen LogP contribution in [0.25, 0.3) is 0 Å². The van der Waals surface area contributed by atoms with Crippen molar-refractivity contribution in [2.24, 2.45) is 0 Å². The summed E-state index contributed by atoms with van der Waals surface area (Å²) < 4.78 is 0. The summed E-state index contributed by atoms with van der Waals surface area (Å²) in [5.74, 6) is -0.0705. The Morgan fingerprint density at radius 3 is 2.52 bits per heavy atom. The first-order valence-electron chi connectivity index (χ1n) is 6.84. The van der Waals surface area contributed by atoms with Gasteiger partial charge in [0.25, 0.3) is 5.91 Å². The summed E-state index contributed by atoms with van der Waals surface area (Å²) >= 11 is 0. The second-order valence-corrected chi connectivity index (χ2v) is 4.56. The molecule has 2 rings (SSSR count). The zero-order chi connectivity index (χ0) is 15.1. The molecule has 0 bridgehead atoms. The lowest BCUT2D eigenvalue weighted by atomic mass is 10.1. The number of hydrogen-bond acceptors (Lipinski definition) is 3. The Morgan fingerprint density at radius 1 is 1.14 bits per heavy atom. The fraction of sp³-hybridized carbons (Fsp3) is 0.176. The zero-order valence-electron chi connectivity index (χ0n) is 11.9. The van der Waals surface area contributed by atoms with Crippen molar-refractivity contribution in [1.29, 1.82) is 5.26 Å². The van der Waals surface area contributed by atoms with Crippen molar-refractivity contribution in [3.05, 3.63) is 65.2 Å². The molecule has 2 aromatic rings. The van der Waals surface area contributed by atoms with Crippen molar-refractivity contribution >= 4 is 11.6 Å². The van der Waals surface area contributed by atoms with E-state index in [1.807, 2.05) is 37.3 Å². The normalized spacial score (nSPS) is 9.71. The highest BCUT2D eigenvalue weighted by Gasteiger charge is 2.04. The highest BCUT2D eigenvalue weighted by atomic mass is 16.1. The molecule has 0 fully saturated rings. The van der Waals surface area contributed by atoms with E-state index in [1.165, 1.54) is 0 Å². The lowest BCUT2D eigenvalue weighted by Gasteiger charge is -2.09. The van der Waals surface area contributed by atoms with Gasteiger partial charge >= 0.3 is 0 Å². The topological polar surface area (TPSA) is 64.9 Å². The van der Waals surface area contributed by atoms with Crippen LogP contribution in [0.2, 0.25) is 0 Å². The van der Waals surface area contributed by atoms with Crippen LogP contribution in [-0.2, 0) is 6.54 Å². The first-order chi connectivity index (χ1) is 10.2. The van der Waals surface area contributed by atoms with E-state index in [1.54, 1.807) is 18.2 Å². The third kappa shape index (κ3) is 3.83. The van der Waals surface area contributed by atoms with Gasteiger partial charge in [-0.1, -0.05) is 18.2 Å². The second-order valence-electron chi connectivity index (χ2n) is 4.56. The predicted molar refractivity (Wildman–Crippen MR) is 82.9 cm³/mol. The van der Waals surface area contributed by atoms with Crippen LogP contribution in [0.5, 0.6) is 0 Å². The standard InChI is InChI=1S/C17H17N3O/c1-2-19-17(21)13-7-9-16(10-8-13)20-12-15-6-4-3-5-14(15)11-18/h3-10,20H,2,12H2,1H3,(H,19,21). The van der Waals surface area contributed by atoms with Gasteiger partial charge in [-0.3, -0.25) is 4.79 Å². The molecule has 21 heavy (non-hydrogen) atoms. The third-order valence-electron chi connectivity index (χ3n) is 3.11. The van der Waals surface area contributed by atoms with E-state index in [4.69, 9.17) is 5.26 Å². The molecule has 4 nitrogen and oxygen atoms in total. The number of nitrogens with one attached hydrogen (secondary N) is 2. The van der Waals surface area contributed by atoms with Crippen molar-refractivity contribution in [3.8, 4) is 6.07 Å². The van der Waals surface area contributed by atoms with Crippen LogP contribution in [0.3, 0.4) is 0 Å². The van der Waals surface area contributed by atoms with Crippen LogP contribution in [0.15, 0.2) is 48.5 Å². The Morgan fingerprint density at radius 2 is 1.86 bits per heavy atom. The molecule has 2 aromatic carbocycles. The van der Waals surface area contributed by atoms with Crippen molar-refractivity contribution in [2.45, 2.75) is 13.5 Å². The van der Waals surface area contributed by atoms with Gasteiger partial charge in [0.2, 0.25) is 0 Å². The first-order valence-corrected chi connectivity index (χ1v) is 6.84. The van der Waals surface area contributed by atoms with Gasteiger partial charge in [0, 0.05) is 24.3 Å². The second kappa shape index (κ2) is 7.11. The minimum absolute atomic E-state index is 0.0705. The van der Waals surface area contributed by atoms with Gasteiger partial charge in [-0.05, 0) is 42.8 Å². The number of amides is 1. The molecule has 0 saturated carbocycles. The van der Waals surface area contributed by atoms with Gasteiger partial charge in [0.05, 0.1) is 11.6 Å². The van der Waals surface area contributed by atoms with Crippen LogP contribution in [-0.4, -0.2) is 12.5 Å². The average Bonchev–Trinajstić information content (AvgIpc) is 2.54. The molecule has 0 unspecified atom stereocenters. The summed E-state index contributed by atoms with van der Waals surface area (Å²) in [5.41, 5.74) is 3.17. The molecule has 0 radical (unpaired) electrons. The van der Waals surface area contributed by atoms with Gasteiger partial charge < -0.3 is 10.6 Å². The van der Waals surface area contributed by atoms with Crippen LogP contribution >= 0.6 is 0 Å². The number of rotatable bonds is 5. The highest BCUT2D eigenvalue weighted by Crippen LogP contribution is 2.13. The van der Waals surface area contributed by atoms with Crippen LogP contribution in [0, 0.1) is 11.3 Å². The maximum atomic E-state index is 11.7. The molecule has 0 saturated heterocycles. The zero-order valence-corrected chi connectivity index (χ0v) is 11.9. The van der Waals surface area contributed by atoms with Crippen molar-refractivity contribution in [1.82, 2.24) is 5.32 Å². The fourth-order valence-electron chi connectivity index (χ4n) is 1.98. The van der Waals surface area contributed by atoms with E-state index < -0.39 is 0 Å². The molecule has 0 aromatic heterocycles. The Hall–Kier alpha value is -2.80. The molecule has 0 spiro atoms. The molecule has 0 aliphatic heterocycles. The number of anilines is 1. The lowest BCUT2D eigenvalue weighted by Crippen LogP contribution is -2.22. The quantitative estimate of drug-likeness (QED) is 0.884. The Bertz CT molecular complexity index is 656. The van der Waals surface area contributed by atoms with Gasteiger partial charge in [-0.2, -0.15) is 5.26 Å². The molecule has 1 amide bonds. The number of carbonyl (C=O) groups excluding carboxylic acids is 1. The van der Waals surface area contributed by atoms with Gasteiger partial charge in [0.15, 0.2) is 0 Å². The molecule has 0 aliphatic rings. The number of nitrogens with zero attached hydrogens (tertiary/aromatic N) is 1. The first kappa shape index (κ1) is 14.6. The molecule has 0 aliphatic carbocycles. The summed E-state index contributed by atoms with van der Waals surface area (Å²) in [4.78, 5) is 11.7. The van der Waals surface area contributed by atoms with Crippen molar-refractivity contribution < 1.29 is 4.79 Å². The SMILES string of the molecule is CCNC(=O)c1ccc(NCc2ccccc2C#N)cc1.